The smallest absolute Gasteiger partial charge is 0.417 e. The standard InChI is InChI=1S/C14H14F3NO4/c1-22-13(21)10(7-8-11(19)14(15,16)17)18-12(20)9-5-3-2-4-6-9/h2-8,10-11,19H,1H3,(H,18,20). The van der Waals surface area contributed by atoms with Gasteiger partial charge in [0.05, 0.1) is 7.11 Å². The van der Waals surface area contributed by atoms with Gasteiger partial charge in [-0.1, -0.05) is 24.3 Å². The number of ether oxygens (including phenoxy) is 1. The number of rotatable bonds is 5. The number of carbonyl (C=O) groups is 2. The van der Waals surface area contributed by atoms with Gasteiger partial charge in [-0.2, -0.15) is 13.2 Å². The molecule has 1 aromatic carbocycles. The number of hydrogen-bond donors (Lipinski definition) is 2. The van der Waals surface area contributed by atoms with Crippen LogP contribution in [-0.4, -0.2) is 42.4 Å². The molecule has 0 aliphatic heterocycles. The lowest BCUT2D eigenvalue weighted by Crippen LogP contribution is -2.40. The van der Waals surface area contributed by atoms with Crippen molar-refractivity contribution >= 4 is 11.9 Å². The number of methoxy groups -OCH3 is 1. The van der Waals surface area contributed by atoms with Crippen LogP contribution >= 0.6 is 0 Å². The quantitative estimate of drug-likeness (QED) is 0.636. The molecule has 0 saturated carbocycles. The molecular formula is C14H14F3NO4. The van der Waals surface area contributed by atoms with Crippen molar-refractivity contribution in [3.05, 3.63) is 48.0 Å². The minimum absolute atomic E-state index is 0.223. The highest BCUT2D eigenvalue weighted by Crippen LogP contribution is 2.20. The number of carbonyl (C=O) groups excluding carboxylic acids is 2. The first-order valence-electron chi connectivity index (χ1n) is 6.12. The maximum absolute atomic E-state index is 12.2. The van der Waals surface area contributed by atoms with Crippen molar-refractivity contribution in [2.24, 2.45) is 0 Å². The molecule has 1 amide bonds. The number of nitrogens with one attached hydrogen (secondary N) is 1. The van der Waals surface area contributed by atoms with E-state index in [-0.39, 0.29) is 5.56 Å². The number of amides is 1. The van der Waals surface area contributed by atoms with E-state index < -0.39 is 30.2 Å². The Kier molecular flexibility index (Phi) is 6.11. The molecule has 1 aromatic rings. The van der Waals surface area contributed by atoms with Crippen LogP contribution in [0.5, 0.6) is 0 Å². The number of halogens is 3. The van der Waals surface area contributed by atoms with Gasteiger partial charge in [-0.25, -0.2) is 4.79 Å². The van der Waals surface area contributed by atoms with E-state index in [1.165, 1.54) is 12.1 Å². The van der Waals surface area contributed by atoms with Crippen molar-refractivity contribution < 1.29 is 32.6 Å². The number of benzene rings is 1. The van der Waals surface area contributed by atoms with E-state index in [2.05, 4.69) is 10.1 Å². The lowest BCUT2D eigenvalue weighted by Gasteiger charge is -2.15. The maximum atomic E-state index is 12.2. The summed E-state index contributed by atoms with van der Waals surface area (Å²) in [6, 6.07) is 6.34. The Morgan fingerprint density at radius 1 is 1.23 bits per heavy atom. The third-order valence-electron chi connectivity index (χ3n) is 2.60. The van der Waals surface area contributed by atoms with E-state index in [4.69, 9.17) is 5.11 Å². The van der Waals surface area contributed by atoms with Crippen molar-refractivity contribution in [2.75, 3.05) is 7.11 Å². The Hall–Kier alpha value is -2.35. The third-order valence-corrected chi connectivity index (χ3v) is 2.60. The van der Waals surface area contributed by atoms with Crippen LogP contribution in [-0.2, 0) is 9.53 Å². The molecule has 0 aliphatic carbocycles. The second-order valence-electron chi connectivity index (χ2n) is 4.21. The van der Waals surface area contributed by atoms with Gasteiger partial charge >= 0.3 is 12.1 Å². The molecule has 2 atom stereocenters. The van der Waals surface area contributed by atoms with Gasteiger partial charge in [0.2, 0.25) is 0 Å². The van der Waals surface area contributed by atoms with Gasteiger partial charge in [0, 0.05) is 5.56 Å². The average Bonchev–Trinajstić information content (AvgIpc) is 2.49. The van der Waals surface area contributed by atoms with Crippen molar-refractivity contribution in [3.63, 3.8) is 0 Å². The fourth-order valence-electron chi connectivity index (χ4n) is 1.45. The number of alkyl halides is 3. The summed E-state index contributed by atoms with van der Waals surface area (Å²) in [7, 11) is 1.03. The lowest BCUT2D eigenvalue weighted by molar-refractivity contribution is -0.187. The lowest BCUT2D eigenvalue weighted by atomic mass is 10.1. The fourth-order valence-corrected chi connectivity index (χ4v) is 1.45. The van der Waals surface area contributed by atoms with Crippen LogP contribution in [0.4, 0.5) is 13.2 Å². The third kappa shape index (κ3) is 5.21. The average molecular weight is 317 g/mol. The molecule has 0 bridgehead atoms. The van der Waals surface area contributed by atoms with E-state index in [9.17, 15) is 22.8 Å². The zero-order valence-electron chi connectivity index (χ0n) is 11.5. The van der Waals surface area contributed by atoms with Crippen LogP contribution in [0.3, 0.4) is 0 Å². The van der Waals surface area contributed by atoms with Crippen molar-refractivity contribution in [1.29, 1.82) is 0 Å². The van der Waals surface area contributed by atoms with E-state index in [0.29, 0.717) is 6.08 Å². The molecule has 0 fully saturated rings. The second kappa shape index (κ2) is 7.60. The summed E-state index contributed by atoms with van der Waals surface area (Å²) in [6.45, 7) is 0. The van der Waals surface area contributed by atoms with Crippen LogP contribution in [0.25, 0.3) is 0 Å². The molecule has 2 unspecified atom stereocenters. The number of aliphatic hydroxyl groups excluding tert-OH is 1. The molecule has 0 aromatic heterocycles. The molecule has 0 radical (unpaired) electrons. The fraction of sp³-hybridized carbons (Fsp3) is 0.286. The first kappa shape index (κ1) is 17.7. The van der Waals surface area contributed by atoms with Gasteiger partial charge < -0.3 is 15.2 Å². The maximum Gasteiger partial charge on any atom is 0.417 e. The van der Waals surface area contributed by atoms with Gasteiger partial charge in [0.15, 0.2) is 6.10 Å². The Morgan fingerprint density at radius 2 is 1.82 bits per heavy atom. The van der Waals surface area contributed by atoms with Crippen LogP contribution in [0.2, 0.25) is 0 Å². The zero-order valence-corrected chi connectivity index (χ0v) is 11.5. The van der Waals surface area contributed by atoms with Crippen molar-refractivity contribution in [2.45, 2.75) is 18.3 Å². The first-order chi connectivity index (χ1) is 10.3. The SMILES string of the molecule is COC(=O)C(C=CC(O)C(F)(F)F)NC(=O)c1ccccc1. The van der Waals surface area contributed by atoms with Gasteiger partial charge in [0.25, 0.3) is 5.91 Å². The molecule has 1 rings (SSSR count). The minimum Gasteiger partial charge on any atom is -0.467 e. The van der Waals surface area contributed by atoms with Crippen LogP contribution in [0, 0.1) is 0 Å². The summed E-state index contributed by atoms with van der Waals surface area (Å²) in [5.74, 6) is -1.63. The molecule has 120 valence electrons. The van der Waals surface area contributed by atoms with Crippen molar-refractivity contribution in [1.82, 2.24) is 5.32 Å². The molecule has 0 saturated heterocycles. The predicted molar refractivity (Wildman–Crippen MR) is 70.9 cm³/mol. The molecule has 0 spiro atoms. The van der Waals surface area contributed by atoms with Crippen molar-refractivity contribution in [3.8, 4) is 0 Å². The summed E-state index contributed by atoms with van der Waals surface area (Å²) < 4.78 is 41.0. The summed E-state index contributed by atoms with van der Waals surface area (Å²) in [5.41, 5.74) is 0.223. The Labute approximate surface area is 124 Å². The first-order valence-corrected chi connectivity index (χ1v) is 6.12. The van der Waals surface area contributed by atoms with Gasteiger partial charge in [-0.3, -0.25) is 4.79 Å². The summed E-state index contributed by atoms with van der Waals surface area (Å²) in [5, 5.41) is 11.1. The monoisotopic (exact) mass is 317 g/mol. The van der Waals surface area contributed by atoms with E-state index in [0.717, 1.165) is 13.2 Å². The molecule has 5 nitrogen and oxygen atoms in total. The number of aliphatic hydroxyl groups is 1. The molecular weight excluding hydrogens is 303 g/mol. The topological polar surface area (TPSA) is 75.6 Å². The van der Waals surface area contributed by atoms with E-state index in [1.54, 1.807) is 18.2 Å². The molecule has 8 heteroatoms. The Morgan fingerprint density at radius 3 is 2.32 bits per heavy atom. The predicted octanol–water partition coefficient (Wildman–Crippen LogP) is 1.44. The molecule has 22 heavy (non-hydrogen) atoms. The van der Waals surface area contributed by atoms with E-state index in [1.807, 2.05) is 0 Å². The zero-order chi connectivity index (χ0) is 16.8. The second-order valence-corrected chi connectivity index (χ2v) is 4.21. The number of hydrogen-bond acceptors (Lipinski definition) is 4. The minimum atomic E-state index is -4.86. The summed E-state index contributed by atoms with van der Waals surface area (Å²) in [4.78, 5) is 23.4. The highest BCUT2D eigenvalue weighted by molar-refractivity contribution is 5.97. The highest BCUT2D eigenvalue weighted by atomic mass is 19.4. The van der Waals surface area contributed by atoms with Gasteiger partial charge in [-0.05, 0) is 18.2 Å². The normalized spacial score (nSPS) is 14.4. The van der Waals surface area contributed by atoms with Crippen LogP contribution in [0.15, 0.2) is 42.5 Å². The Bertz CT molecular complexity index is 543. The van der Waals surface area contributed by atoms with Gasteiger partial charge in [-0.15, -0.1) is 0 Å². The number of esters is 1. The summed E-state index contributed by atoms with van der Waals surface area (Å²) >= 11 is 0. The van der Waals surface area contributed by atoms with Crippen LogP contribution < -0.4 is 5.32 Å². The largest absolute Gasteiger partial charge is 0.467 e. The van der Waals surface area contributed by atoms with Crippen LogP contribution in [0.1, 0.15) is 10.4 Å². The van der Waals surface area contributed by atoms with Gasteiger partial charge in [0.1, 0.15) is 6.04 Å². The van der Waals surface area contributed by atoms with E-state index >= 15 is 0 Å². The molecule has 0 heterocycles. The highest BCUT2D eigenvalue weighted by Gasteiger charge is 2.36. The molecule has 0 aliphatic rings. The Balaban J connectivity index is 2.84. The molecule has 2 N–H and O–H groups in total. The summed E-state index contributed by atoms with van der Waals surface area (Å²) in [6.07, 6.45) is -6.51.